The van der Waals surface area contributed by atoms with Crippen molar-refractivity contribution in [2.45, 2.75) is 51.9 Å². The monoisotopic (exact) mass is 463 g/mol. The third kappa shape index (κ3) is 4.31. The fourth-order valence-corrected chi connectivity index (χ4v) is 4.19. The fraction of sp³-hybridized carbons (Fsp3) is 0.455. The Bertz CT molecular complexity index is 1140. The molecule has 1 saturated heterocycles. The molecule has 33 heavy (non-hydrogen) atoms. The number of halogens is 3. The number of rotatable bonds is 6. The zero-order valence-electron chi connectivity index (χ0n) is 18.4. The van der Waals surface area contributed by atoms with Crippen LogP contribution in [0.5, 0.6) is 0 Å². The molecular weight excluding hydrogens is 439 g/mol. The number of nitrogens with zero attached hydrogens (tertiary/aromatic N) is 3. The Labute approximate surface area is 188 Å². The SMILES string of the molecule is Cc1cc(C)n(-c2ccc(CNC(=O)CN3C(=O)NC(C)(C4CC4)C3=O)c(C(F)(F)F)c2)n1. The second-order valence-corrected chi connectivity index (χ2v) is 8.75. The Morgan fingerprint density at radius 2 is 1.94 bits per heavy atom. The molecule has 4 amide bonds. The van der Waals surface area contributed by atoms with E-state index in [2.05, 4.69) is 15.7 Å². The summed E-state index contributed by atoms with van der Waals surface area (Å²) in [4.78, 5) is 38.0. The highest BCUT2D eigenvalue weighted by Gasteiger charge is 2.56. The second kappa shape index (κ2) is 7.89. The van der Waals surface area contributed by atoms with E-state index in [4.69, 9.17) is 0 Å². The maximum absolute atomic E-state index is 13.7. The van der Waals surface area contributed by atoms with Gasteiger partial charge < -0.3 is 10.6 Å². The van der Waals surface area contributed by atoms with E-state index < -0.39 is 48.2 Å². The number of carbonyl (C=O) groups excluding carboxylic acids is 3. The summed E-state index contributed by atoms with van der Waals surface area (Å²) in [6, 6.07) is 4.85. The lowest BCUT2D eigenvalue weighted by atomic mass is 9.96. The topological polar surface area (TPSA) is 96.3 Å². The van der Waals surface area contributed by atoms with Crippen molar-refractivity contribution < 1.29 is 27.6 Å². The molecular formula is C22H24F3N5O3. The van der Waals surface area contributed by atoms with Crippen LogP contribution in [0.3, 0.4) is 0 Å². The molecule has 8 nitrogen and oxygen atoms in total. The van der Waals surface area contributed by atoms with E-state index in [1.165, 1.54) is 16.8 Å². The fourth-order valence-electron chi connectivity index (χ4n) is 4.19. The molecule has 1 atom stereocenters. The van der Waals surface area contributed by atoms with Crippen LogP contribution in [0, 0.1) is 19.8 Å². The van der Waals surface area contributed by atoms with Crippen LogP contribution in [-0.2, 0) is 22.3 Å². The molecule has 4 rings (SSSR count). The van der Waals surface area contributed by atoms with Crippen LogP contribution in [0.25, 0.3) is 5.69 Å². The van der Waals surface area contributed by atoms with Crippen molar-refractivity contribution in [3.8, 4) is 5.69 Å². The first-order valence-electron chi connectivity index (χ1n) is 10.5. The van der Waals surface area contributed by atoms with Crippen LogP contribution in [0.15, 0.2) is 24.3 Å². The first-order valence-corrected chi connectivity index (χ1v) is 10.5. The predicted octanol–water partition coefficient (Wildman–Crippen LogP) is 2.84. The highest BCUT2D eigenvalue weighted by molar-refractivity contribution is 6.09. The molecule has 11 heteroatoms. The minimum atomic E-state index is -4.65. The van der Waals surface area contributed by atoms with Gasteiger partial charge in [-0.05, 0) is 63.3 Å². The van der Waals surface area contributed by atoms with Crippen molar-refractivity contribution in [2.24, 2.45) is 5.92 Å². The lowest BCUT2D eigenvalue weighted by Gasteiger charge is -2.21. The van der Waals surface area contributed by atoms with Gasteiger partial charge in [-0.15, -0.1) is 0 Å². The normalized spacial score (nSPS) is 20.8. The number of benzene rings is 1. The van der Waals surface area contributed by atoms with Crippen LogP contribution in [0.1, 0.15) is 42.3 Å². The van der Waals surface area contributed by atoms with Gasteiger partial charge in [0, 0.05) is 12.2 Å². The van der Waals surface area contributed by atoms with Gasteiger partial charge in [0.15, 0.2) is 0 Å². The van der Waals surface area contributed by atoms with Crippen molar-refractivity contribution in [2.75, 3.05) is 6.54 Å². The lowest BCUT2D eigenvalue weighted by Crippen LogP contribution is -2.47. The number of hydrogen-bond donors (Lipinski definition) is 2. The molecule has 2 aromatic rings. The van der Waals surface area contributed by atoms with Crippen molar-refractivity contribution in [3.63, 3.8) is 0 Å². The first kappa shape index (κ1) is 22.8. The number of nitrogens with one attached hydrogen (secondary N) is 2. The zero-order chi connectivity index (χ0) is 24.1. The smallest absolute Gasteiger partial charge is 0.350 e. The van der Waals surface area contributed by atoms with Crippen LogP contribution < -0.4 is 10.6 Å². The molecule has 2 heterocycles. The Hall–Kier alpha value is -3.37. The standard InChI is InChI=1S/C22H24F3N5O3/c1-12-8-13(2)30(28-12)16-7-4-14(17(9-16)22(23,24)25)10-26-18(31)11-29-19(32)21(3,15-5-6-15)27-20(29)33/h4,7-9,15H,5-6,10-11H2,1-3H3,(H,26,31)(H,27,33). The van der Waals surface area contributed by atoms with Crippen LogP contribution in [0.4, 0.5) is 18.0 Å². The number of amides is 4. The Morgan fingerprint density at radius 1 is 1.24 bits per heavy atom. The maximum Gasteiger partial charge on any atom is 0.416 e. The number of aryl methyl sites for hydroxylation is 2. The highest BCUT2D eigenvalue weighted by Crippen LogP contribution is 2.42. The Kier molecular flexibility index (Phi) is 5.45. The number of hydrogen-bond acceptors (Lipinski definition) is 4. The molecule has 0 spiro atoms. The minimum Gasteiger partial charge on any atom is -0.350 e. The van der Waals surface area contributed by atoms with Crippen molar-refractivity contribution in [3.05, 3.63) is 46.8 Å². The van der Waals surface area contributed by atoms with Gasteiger partial charge in [-0.3, -0.25) is 14.5 Å². The Morgan fingerprint density at radius 3 is 2.52 bits per heavy atom. The average molecular weight is 463 g/mol. The van der Waals surface area contributed by atoms with Gasteiger partial charge >= 0.3 is 12.2 Å². The molecule has 2 fully saturated rings. The summed E-state index contributed by atoms with van der Waals surface area (Å²) < 4.78 is 42.6. The van der Waals surface area contributed by atoms with E-state index in [1.807, 2.05) is 0 Å². The molecule has 0 bridgehead atoms. The summed E-state index contributed by atoms with van der Waals surface area (Å²) in [5.74, 6) is -1.18. The van der Waals surface area contributed by atoms with E-state index in [1.54, 1.807) is 26.8 Å². The van der Waals surface area contributed by atoms with Gasteiger partial charge in [0.1, 0.15) is 12.1 Å². The Balaban J connectivity index is 1.47. The molecule has 1 aromatic carbocycles. The van der Waals surface area contributed by atoms with Crippen LogP contribution in [0.2, 0.25) is 0 Å². The largest absolute Gasteiger partial charge is 0.416 e. The van der Waals surface area contributed by atoms with Gasteiger partial charge in [-0.1, -0.05) is 6.07 Å². The number of aromatic nitrogens is 2. The van der Waals surface area contributed by atoms with Gasteiger partial charge in [0.05, 0.1) is 16.9 Å². The molecule has 1 aliphatic heterocycles. The summed E-state index contributed by atoms with van der Waals surface area (Å²) >= 11 is 0. The van der Waals surface area contributed by atoms with E-state index >= 15 is 0 Å². The van der Waals surface area contributed by atoms with Crippen LogP contribution in [-0.4, -0.2) is 44.6 Å². The molecule has 1 unspecified atom stereocenters. The van der Waals surface area contributed by atoms with E-state index in [9.17, 15) is 27.6 Å². The summed E-state index contributed by atoms with van der Waals surface area (Å²) in [5.41, 5.74) is -0.448. The average Bonchev–Trinajstić information content (AvgIpc) is 3.50. The van der Waals surface area contributed by atoms with Gasteiger partial charge in [0.25, 0.3) is 5.91 Å². The summed E-state index contributed by atoms with van der Waals surface area (Å²) in [5, 5.41) is 9.23. The van der Waals surface area contributed by atoms with Crippen molar-refractivity contribution in [1.29, 1.82) is 0 Å². The number of urea groups is 1. The first-order chi connectivity index (χ1) is 15.4. The van der Waals surface area contributed by atoms with Gasteiger partial charge in [-0.25, -0.2) is 9.48 Å². The summed E-state index contributed by atoms with van der Waals surface area (Å²) in [7, 11) is 0. The summed E-state index contributed by atoms with van der Waals surface area (Å²) in [6.07, 6.45) is -3.02. The minimum absolute atomic E-state index is 0.0390. The second-order valence-electron chi connectivity index (χ2n) is 8.75. The molecule has 1 aliphatic carbocycles. The van der Waals surface area contributed by atoms with E-state index in [-0.39, 0.29) is 17.2 Å². The molecule has 176 valence electrons. The van der Waals surface area contributed by atoms with E-state index in [0.717, 1.165) is 23.8 Å². The van der Waals surface area contributed by atoms with Gasteiger partial charge in [-0.2, -0.15) is 18.3 Å². The number of imide groups is 1. The number of alkyl halides is 3. The van der Waals surface area contributed by atoms with Crippen molar-refractivity contribution >= 4 is 17.8 Å². The van der Waals surface area contributed by atoms with Gasteiger partial charge in [0.2, 0.25) is 5.91 Å². The predicted molar refractivity (Wildman–Crippen MR) is 111 cm³/mol. The zero-order valence-corrected chi connectivity index (χ0v) is 18.4. The third-order valence-electron chi connectivity index (χ3n) is 6.13. The lowest BCUT2D eigenvalue weighted by molar-refractivity contribution is -0.138. The molecule has 2 N–H and O–H groups in total. The molecule has 1 saturated carbocycles. The van der Waals surface area contributed by atoms with E-state index in [0.29, 0.717) is 11.4 Å². The van der Waals surface area contributed by atoms with Crippen molar-refractivity contribution in [1.82, 2.24) is 25.3 Å². The summed E-state index contributed by atoms with van der Waals surface area (Å²) in [6.45, 7) is 4.15. The van der Waals surface area contributed by atoms with Crippen LogP contribution >= 0.6 is 0 Å². The maximum atomic E-state index is 13.7. The molecule has 0 radical (unpaired) electrons. The highest BCUT2D eigenvalue weighted by atomic mass is 19.4. The molecule has 1 aromatic heterocycles. The quantitative estimate of drug-likeness (QED) is 0.644. The third-order valence-corrected chi connectivity index (χ3v) is 6.13. The molecule has 2 aliphatic rings. The number of carbonyl (C=O) groups is 3.